The van der Waals surface area contributed by atoms with Crippen LogP contribution in [0.3, 0.4) is 0 Å². The third-order valence-electron chi connectivity index (χ3n) is 3.67. The molecule has 0 heterocycles. The van der Waals surface area contributed by atoms with Crippen molar-refractivity contribution in [2.75, 3.05) is 26.7 Å². The normalized spacial score (nSPS) is 10.8. The zero-order valence-corrected chi connectivity index (χ0v) is 12.7. The number of nitrogens with zero attached hydrogens (tertiary/aromatic N) is 1. The third-order valence-corrected chi connectivity index (χ3v) is 3.67. The van der Waals surface area contributed by atoms with Gasteiger partial charge in [0.2, 0.25) is 5.91 Å². The highest BCUT2D eigenvalue weighted by Gasteiger charge is 2.35. The Morgan fingerprint density at radius 3 is 2.05 bits per heavy atom. The molecule has 20 heavy (non-hydrogen) atoms. The SMILES string of the molecule is CCN(CC(=O)NC)C(=O)NCC(CC)(CC)C(=O)O. The van der Waals surface area contributed by atoms with Gasteiger partial charge in [-0.3, -0.25) is 9.59 Å². The number of hydrogen-bond donors (Lipinski definition) is 3. The van der Waals surface area contributed by atoms with E-state index >= 15 is 0 Å². The van der Waals surface area contributed by atoms with E-state index in [0.717, 1.165) is 0 Å². The zero-order valence-electron chi connectivity index (χ0n) is 12.7. The second kappa shape index (κ2) is 8.39. The number of nitrogens with one attached hydrogen (secondary N) is 2. The highest BCUT2D eigenvalue weighted by Crippen LogP contribution is 2.25. The highest BCUT2D eigenvalue weighted by atomic mass is 16.4. The molecule has 0 atom stereocenters. The second-order valence-electron chi connectivity index (χ2n) is 4.64. The van der Waals surface area contributed by atoms with Crippen molar-refractivity contribution in [3.63, 3.8) is 0 Å². The molecule has 0 aromatic heterocycles. The van der Waals surface area contributed by atoms with Crippen LogP contribution < -0.4 is 10.6 Å². The van der Waals surface area contributed by atoms with Gasteiger partial charge in [-0.05, 0) is 19.8 Å². The van der Waals surface area contributed by atoms with Crippen LogP contribution in [0.5, 0.6) is 0 Å². The predicted molar refractivity (Wildman–Crippen MR) is 75.4 cm³/mol. The quantitative estimate of drug-likeness (QED) is 0.610. The van der Waals surface area contributed by atoms with Crippen LogP contribution in [0.25, 0.3) is 0 Å². The van der Waals surface area contributed by atoms with E-state index in [9.17, 15) is 19.5 Å². The van der Waals surface area contributed by atoms with Gasteiger partial charge in [-0.25, -0.2) is 4.79 Å². The van der Waals surface area contributed by atoms with Gasteiger partial charge in [0, 0.05) is 20.1 Å². The first-order valence-electron chi connectivity index (χ1n) is 6.83. The molecule has 0 aromatic carbocycles. The smallest absolute Gasteiger partial charge is 0.317 e. The predicted octanol–water partition coefficient (Wildman–Crippen LogP) is 0.655. The van der Waals surface area contributed by atoms with Crippen molar-refractivity contribution in [1.82, 2.24) is 15.5 Å². The Labute approximate surface area is 119 Å². The van der Waals surface area contributed by atoms with Crippen LogP contribution in [0.2, 0.25) is 0 Å². The Kier molecular flexibility index (Phi) is 7.64. The first kappa shape index (κ1) is 18.2. The molecule has 0 bridgehead atoms. The summed E-state index contributed by atoms with van der Waals surface area (Å²) >= 11 is 0. The Morgan fingerprint density at radius 1 is 1.15 bits per heavy atom. The number of rotatable bonds is 8. The maximum atomic E-state index is 12.0. The molecule has 0 aliphatic carbocycles. The number of carboxylic acids is 1. The van der Waals surface area contributed by atoms with E-state index in [0.29, 0.717) is 19.4 Å². The van der Waals surface area contributed by atoms with Crippen LogP contribution in [-0.4, -0.2) is 54.6 Å². The minimum absolute atomic E-state index is 0.0445. The van der Waals surface area contributed by atoms with Crippen LogP contribution in [0.4, 0.5) is 4.79 Å². The van der Waals surface area contributed by atoms with Gasteiger partial charge in [0.25, 0.3) is 0 Å². The Morgan fingerprint density at radius 2 is 1.70 bits per heavy atom. The molecule has 0 aliphatic heterocycles. The number of carbonyl (C=O) groups excluding carboxylic acids is 2. The molecule has 0 aromatic rings. The average molecular weight is 287 g/mol. The molecule has 0 saturated heterocycles. The largest absolute Gasteiger partial charge is 0.481 e. The lowest BCUT2D eigenvalue weighted by molar-refractivity contribution is -0.149. The van der Waals surface area contributed by atoms with Gasteiger partial charge in [0.05, 0.1) is 5.41 Å². The van der Waals surface area contributed by atoms with Gasteiger partial charge in [-0.15, -0.1) is 0 Å². The summed E-state index contributed by atoms with van der Waals surface area (Å²) in [7, 11) is 1.50. The van der Waals surface area contributed by atoms with E-state index in [4.69, 9.17) is 0 Å². The molecular formula is C13H25N3O4. The standard InChI is InChI=1S/C13H25N3O4/c1-5-13(6-2,11(18)19)9-15-12(20)16(7-3)8-10(17)14-4/h5-9H2,1-4H3,(H,14,17)(H,15,20)(H,18,19). The molecule has 0 rings (SSSR count). The van der Waals surface area contributed by atoms with Crippen molar-refractivity contribution >= 4 is 17.9 Å². The van der Waals surface area contributed by atoms with Gasteiger partial charge in [-0.2, -0.15) is 0 Å². The first-order valence-corrected chi connectivity index (χ1v) is 6.83. The number of aliphatic carboxylic acids is 1. The van der Waals surface area contributed by atoms with E-state index in [1.165, 1.54) is 11.9 Å². The van der Waals surface area contributed by atoms with E-state index in [-0.39, 0.29) is 19.0 Å². The molecule has 0 radical (unpaired) electrons. The number of hydrogen-bond acceptors (Lipinski definition) is 3. The summed E-state index contributed by atoms with van der Waals surface area (Å²) in [5, 5.41) is 14.3. The monoisotopic (exact) mass is 287 g/mol. The van der Waals surface area contributed by atoms with Crippen LogP contribution in [0, 0.1) is 5.41 Å². The average Bonchev–Trinajstić information content (AvgIpc) is 2.45. The zero-order chi connectivity index (χ0) is 15.8. The molecule has 7 nitrogen and oxygen atoms in total. The van der Waals surface area contributed by atoms with E-state index in [1.54, 1.807) is 20.8 Å². The molecule has 7 heteroatoms. The summed E-state index contributed by atoms with van der Waals surface area (Å²) in [6, 6.07) is -0.427. The van der Waals surface area contributed by atoms with Crippen LogP contribution in [-0.2, 0) is 9.59 Å². The molecule has 3 amide bonds. The van der Waals surface area contributed by atoms with E-state index in [1.807, 2.05) is 0 Å². The Bertz CT molecular complexity index is 354. The third kappa shape index (κ3) is 4.71. The number of urea groups is 1. The lowest BCUT2D eigenvalue weighted by Gasteiger charge is -2.28. The van der Waals surface area contributed by atoms with Crippen molar-refractivity contribution in [1.29, 1.82) is 0 Å². The number of carbonyl (C=O) groups is 3. The number of carboxylic acid groups (broad SMARTS) is 1. The Balaban J connectivity index is 4.65. The molecule has 0 saturated carbocycles. The van der Waals surface area contributed by atoms with Gasteiger partial charge < -0.3 is 20.6 Å². The number of amides is 3. The van der Waals surface area contributed by atoms with Crippen molar-refractivity contribution in [2.24, 2.45) is 5.41 Å². The lowest BCUT2D eigenvalue weighted by atomic mass is 9.82. The summed E-state index contributed by atoms with van der Waals surface area (Å²) in [6.07, 6.45) is 0.862. The molecule has 0 aliphatic rings. The van der Waals surface area contributed by atoms with E-state index < -0.39 is 17.4 Å². The van der Waals surface area contributed by atoms with Crippen LogP contribution >= 0.6 is 0 Å². The van der Waals surface area contributed by atoms with Crippen LogP contribution in [0.1, 0.15) is 33.6 Å². The fourth-order valence-electron chi connectivity index (χ4n) is 1.81. The summed E-state index contributed by atoms with van der Waals surface area (Å²) in [5.74, 6) is -1.19. The van der Waals surface area contributed by atoms with Crippen molar-refractivity contribution in [3.8, 4) is 0 Å². The molecule has 0 spiro atoms. The van der Waals surface area contributed by atoms with Crippen molar-refractivity contribution in [2.45, 2.75) is 33.6 Å². The highest BCUT2D eigenvalue weighted by molar-refractivity contribution is 5.84. The fourth-order valence-corrected chi connectivity index (χ4v) is 1.81. The minimum atomic E-state index is -0.956. The van der Waals surface area contributed by atoms with Gasteiger partial charge in [-0.1, -0.05) is 13.8 Å². The van der Waals surface area contributed by atoms with Crippen molar-refractivity contribution in [3.05, 3.63) is 0 Å². The molecule has 116 valence electrons. The summed E-state index contributed by atoms with van der Waals surface area (Å²) in [6.45, 7) is 5.71. The number of likely N-dealkylation sites (N-methyl/N-ethyl adjacent to an activating group) is 2. The molecule has 3 N–H and O–H groups in total. The second-order valence-corrected chi connectivity index (χ2v) is 4.64. The Hall–Kier alpha value is -1.79. The molecule has 0 fully saturated rings. The summed E-state index contributed by atoms with van der Waals surface area (Å²) < 4.78 is 0. The minimum Gasteiger partial charge on any atom is -0.481 e. The van der Waals surface area contributed by atoms with Gasteiger partial charge in [0.15, 0.2) is 0 Å². The topological polar surface area (TPSA) is 98.7 Å². The fraction of sp³-hybridized carbons (Fsp3) is 0.769. The maximum Gasteiger partial charge on any atom is 0.317 e. The van der Waals surface area contributed by atoms with Crippen LogP contribution in [0.15, 0.2) is 0 Å². The summed E-state index contributed by atoms with van der Waals surface area (Å²) in [4.78, 5) is 35.9. The van der Waals surface area contributed by atoms with Gasteiger partial charge >= 0.3 is 12.0 Å². The van der Waals surface area contributed by atoms with E-state index in [2.05, 4.69) is 10.6 Å². The van der Waals surface area contributed by atoms with Crippen molar-refractivity contribution < 1.29 is 19.5 Å². The lowest BCUT2D eigenvalue weighted by Crippen LogP contribution is -2.49. The van der Waals surface area contributed by atoms with Gasteiger partial charge in [0.1, 0.15) is 6.54 Å². The summed E-state index contributed by atoms with van der Waals surface area (Å²) in [5.41, 5.74) is -0.956. The first-order chi connectivity index (χ1) is 9.36. The molecular weight excluding hydrogens is 262 g/mol. The molecule has 0 unspecified atom stereocenters. The maximum absolute atomic E-state index is 12.0.